The highest BCUT2D eigenvalue weighted by atomic mass is 16.7. The predicted molar refractivity (Wildman–Crippen MR) is 169 cm³/mol. The van der Waals surface area contributed by atoms with Gasteiger partial charge in [0, 0.05) is 19.3 Å². The Hall–Kier alpha value is -3.43. The van der Waals surface area contributed by atoms with E-state index in [1.165, 1.54) is 50.3 Å². The molecule has 0 unspecified atom stereocenters. The van der Waals surface area contributed by atoms with Crippen LogP contribution in [0.15, 0.2) is 18.2 Å². The van der Waals surface area contributed by atoms with Crippen molar-refractivity contribution >= 4 is 29.7 Å². The molecule has 2 rings (SSSR count). The smallest absolute Gasteiger partial charge is 0.363 e. The van der Waals surface area contributed by atoms with Gasteiger partial charge < -0.3 is 19.0 Å². The SMILES string of the molecule is CC(C)(C)OC(=O)CCCCCCCCCCCCCCOc1ccc(C(=O)ON2C(=O)CCC2=O)cc1C(=O)OC(C)(C)C. The van der Waals surface area contributed by atoms with Crippen LogP contribution in [-0.4, -0.2) is 52.6 Å². The highest BCUT2D eigenvalue weighted by molar-refractivity contribution is 6.03. The van der Waals surface area contributed by atoms with Crippen molar-refractivity contribution in [3.05, 3.63) is 29.3 Å². The molecule has 1 aliphatic rings. The summed E-state index contributed by atoms with van der Waals surface area (Å²) < 4.78 is 16.8. The molecule has 252 valence electrons. The fourth-order valence-electron chi connectivity index (χ4n) is 4.78. The first-order valence-corrected chi connectivity index (χ1v) is 16.5. The van der Waals surface area contributed by atoms with E-state index in [4.69, 9.17) is 19.0 Å². The minimum Gasteiger partial charge on any atom is -0.493 e. The number of carbonyl (C=O) groups is 5. The number of hydroxylamine groups is 2. The maximum Gasteiger partial charge on any atom is 0.363 e. The average Bonchev–Trinajstić information content (AvgIpc) is 3.25. The molecule has 0 N–H and O–H groups in total. The zero-order valence-electron chi connectivity index (χ0n) is 28.2. The van der Waals surface area contributed by atoms with Crippen LogP contribution in [0.5, 0.6) is 5.75 Å². The fourth-order valence-corrected chi connectivity index (χ4v) is 4.78. The predicted octanol–water partition coefficient (Wildman–Crippen LogP) is 7.65. The third-order valence-corrected chi connectivity index (χ3v) is 6.97. The lowest BCUT2D eigenvalue weighted by Crippen LogP contribution is -2.32. The molecule has 0 radical (unpaired) electrons. The Kier molecular flexibility index (Phi) is 15.5. The molecule has 1 fully saturated rings. The lowest BCUT2D eigenvalue weighted by molar-refractivity contribution is -0.172. The second-order valence-electron chi connectivity index (χ2n) is 13.6. The van der Waals surface area contributed by atoms with E-state index in [0.717, 1.165) is 44.9 Å². The number of carbonyl (C=O) groups excluding carboxylic acids is 5. The molecule has 0 saturated carbocycles. The van der Waals surface area contributed by atoms with Gasteiger partial charge in [0.15, 0.2) is 0 Å². The van der Waals surface area contributed by atoms with Gasteiger partial charge in [-0.2, -0.15) is 0 Å². The number of hydrogen-bond acceptors (Lipinski definition) is 9. The van der Waals surface area contributed by atoms with Crippen molar-refractivity contribution in [2.24, 2.45) is 0 Å². The topological polar surface area (TPSA) is 126 Å². The Labute approximate surface area is 268 Å². The summed E-state index contributed by atoms with van der Waals surface area (Å²) in [7, 11) is 0. The van der Waals surface area contributed by atoms with E-state index in [-0.39, 0.29) is 29.9 Å². The molecule has 0 atom stereocenters. The molecular weight excluding hydrogens is 578 g/mol. The summed E-state index contributed by atoms with van der Waals surface area (Å²) in [5.41, 5.74) is -1.10. The second kappa shape index (κ2) is 18.5. The van der Waals surface area contributed by atoms with Gasteiger partial charge in [-0.05, 0) is 72.6 Å². The van der Waals surface area contributed by atoms with E-state index in [0.29, 0.717) is 23.8 Å². The molecule has 1 aromatic carbocycles. The van der Waals surface area contributed by atoms with Gasteiger partial charge in [0.05, 0.1) is 12.2 Å². The first kappa shape index (κ1) is 37.8. The average molecular weight is 632 g/mol. The zero-order chi connectivity index (χ0) is 33.5. The van der Waals surface area contributed by atoms with Crippen LogP contribution < -0.4 is 4.74 Å². The Balaban J connectivity index is 1.66. The zero-order valence-corrected chi connectivity index (χ0v) is 28.2. The Morgan fingerprint density at radius 1 is 0.667 bits per heavy atom. The van der Waals surface area contributed by atoms with Crippen LogP contribution in [0.25, 0.3) is 0 Å². The standard InChI is InChI=1S/C35H53NO9/c1-34(2,3)43-31(39)19-17-15-13-11-9-7-8-10-12-14-16-18-24-42-28-21-20-26(25-27(28)33(41)44-35(4,5)6)32(40)45-36-29(37)22-23-30(36)38/h20-21,25H,7-19,22-24H2,1-6H3. The van der Waals surface area contributed by atoms with Crippen LogP contribution in [0, 0.1) is 0 Å². The Bertz CT molecular complexity index is 1130. The van der Waals surface area contributed by atoms with Crippen molar-refractivity contribution in [1.82, 2.24) is 5.06 Å². The number of esters is 2. The van der Waals surface area contributed by atoms with Gasteiger partial charge in [-0.15, -0.1) is 5.06 Å². The number of amides is 2. The summed E-state index contributed by atoms with van der Waals surface area (Å²) in [5, 5.41) is 0.471. The number of hydrogen-bond donors (Lipinski definition) is 0. The third kappa shape index (κ3) is 15.4. The summed E-state index contributed by atoms with van der Waals surface area (Å²) in [6.07, 6.45) is 13.8. The second-order valence-corrected chi connectivity index (χ2v) is 13.6. The van der Waals surface area contributed by atoms with E-state index in [9.17, 15) is 24.0 Å². The van der Waals surface area contributed by atoms with Crippen molar-refractivity contribution in [3.8, 4) is 5.75 Å². The molecular formula is C35H53NO9. The monoisotopic (exact) mass is 631 g/mol. The largest absolute Gasteiger partial charge is 0.493 e. The number of unbranched alkanes of at least 4 members (excludes halogenated alkanes) is 11. The van der Waals surface area contributed by atoms with Crippen molar-refractivity contribution in [2.75, 3.05) is 6.61 Å². The van der Waals surface area contributed by atoms with Crippen LogP contribution in [0.3, 0.4) is 0 Å². The summed E-state index contributed by atoms with van der Waals surface area (Å²) >= 11 is 0. The van der Waals surface area contributed by atoms with Gasteiger partial charge in [0.1, 0.15) is 22.5 Å². The van der Waals surface area contributed by atoms with Crippen LogP contribution in [0.4, 0.5) is 0 Å². The van der Waals surface area contributed by atoms with Gasteiger partial charge >= 0.3 is 17.9 Å². The lowest BCUT2D eigenvalue weighted by atomic mass is 10.0. The molecule has 0 bridgehead atoms. The van der Waals surface area contributed by atoms with Crippen LogP contribution in [-0.2, 0) is 28.7 Å². The molecule has 0 aromatic heterocycles. The van der Waals surface area contributed by atoms with Gasteiger partial charge in [-0.1, -0.05) is 64.2 Å². The first-order chi connectivity index (χ1) is 21.2. The Morgan fingerprint density at radius 2 is 1.16 bits per heavy atom. The molecule has 1 aromatic rings. The van der Waals surface area contributed by atoms with E-state index in [1.54, 1.807) is 20.8 Å². The number of benzene rings is 1. The van der Waals surface area contributed by atoms with Crippen molar-refractivity contribution in [3.63, 3.8) is 0 Å². The van der Waals surface area contributed by atoms with Gasteiger partial charge in [0.25, 0.3) is 11.8 Å². The molecule has 1 aliphatic heterocycles. The molecule has 10 nitrogen and oxygen atoms in total. The first-order valence-electron chi connectivity index (χ1n) is 16.5. The summed E-state index contributed by atoms with van der Waals surface area (Å²) in [6, 6.07) is 4.24. The third-order valence-electron chi connectivity index (χ3n) is 6.97. The minimum atomic E-state index is -0.926. The van der Waals surface area contributed by atoms with Gasteiger partial charge in [-0.25, -0.2) is 9.59 Å². The van der Waals surface area contributed by atoms with Crippen molar-refractivity contribution in [2.45, 2.75) is 149 Å². The van der Waals surface area contributed by atoms with Crippen LogP contribution >= 0.6 is 0 Å². The molecule has 1 heterocycles. The molecule has 0 aliphatic carbocycles. The summed E-state index contributed by atoms with van der Waals surface area (Å²) in [6.45, 7) is 11.3. The normalized spacial score (nSPS) is 13.6. The molecule has 1 saturated heterocycles. The lowest BCUT2D eigenvalue weighted by Gasteiger charge is -2.21. The van der Waals surface area contributed by atoms with E-state index >= 15 is 0 Å². The highest BCUT2D eigenvalue weighted by Gasteiger charge is 2.33. The summed E-state index contributed by atoms with van der Waals surface area (Å²) in [5.74, 6) is -2.56. The van der Waals surface area contributed by atoms with Gasteiger partial charge in [0.2, 0.25) is 0 Å². The van der Waals surface area contributed by atoms with Gasteiger partial charge in [-0.3, -0.25) is 14.4 Å². The van der Waals surface area contributed by atoms with Crippen LogP contribution in [0.2, 0.25) is 0 Å². The van der Waals surface area contributed by atoms with Crippen LogP contribution in [0.1, 0.15) is 159 Å². The number of rotatable bonds is 19. The maximum absolute atomic E-state index is 12.9. The van der Waals surface area contributed by atoms with E-state index < -0.39 is 35.0 Å². The molecule has 45 heavy (non-hydrogen) atoms. The fraction of sp³-hybridized carbons (Fsp3) is 0.686. The van der Waals surface area contributed by atoms with E-state index in [1.807, 2.05) is 20.8 Å². The maximum atomic E-state index is 12.9. The molecule has 0 spiro atoms. The van der Waals surface area contributed by atoms with E-state index in [2.05, 4.69) is 0 Å². The number of nitrogens with zero attached hydrogens (tertiary/aromatic N) is 1. The number of ether oxygens (including phenoxy) is 3. The highest BCUT2D eigenvalue weighted by Crippen LogP contribution is 2.25. The Morgan fingerprint density at radius 3 is 1.67 bits per heavy atom. The quantitative estimate of drug-likeness (QED) is 0.0859. The van der Waals surface area contributed by atoms with Crippen molar-refractivity contribution in [1.29, 1.82) is 0 Å². The van der Waals surface area contributed by atoms with Crippen molar-refractivity contribution < 1.29 is 43.0 Å². The molecule has 2 amide bonds. The number of imide groups is 1. The summed E-state index contributed by atoms with van der Waals surface area (Å²) in [4.78, 5) is 65.9. The molecule has 10 heteroatoms. The minimum absolute atomic E-state index is 0.00564.